The predicted octanol–water partition coefficient (Wildman–Crippen LogP) is 3.19. The summed E-state index contributed by atoms with van der Waals surface area (Å²) in [6.07, 6.45) is 1.53. The van der Waals surface area contributed by atoms with Gasteiger partial charge in [0.05, 0.1) is 25.9 Å². The Hall–Kier alpha value is -0.900. The van der Waals surface area contributed by atoms with Crippen molar-refractivity contribution in [2.75, 3.05) is 39.5 Å². The van der Waals surface area contributed by atoms with Gasteiger partial charge >= 0.3 is 0 Å². The molecule has 0 bridgehead atoms. The van der Waals surface area contributed by atoms with Gasteiger partial charge in [0.15, 0.2) is 0 Å². The average molecular weight is 303 g/mol. The molecule has 0 aromatic heterocycles. The number of morpholine rings is 1. The van der Waals surface area contributed by atoms with E-state index < -0.39 is 0 Å². The molecule has 2 saturated heterocycles. The maximum atomic E-state index is 6.04. The second-order valence-electron chi connectivity index (χ2n) is 7.67. The molecule has 0 aliphatic carbocycles. The summed E-state index contributed by atoms with van der Waals surface area (Å²) in [5.41, 5.74) is 3.06. The standard InChI is InChI=1S/C19H29NO2/c1-19(2,3)17-6-4-15(5-7-17)16-12-18(22-14-16)13-20-8-10-21-11-9-20/h4-7,16,18H,8-14H2,1-3H3. The molecule has 2 aliphatic heterocycles. The number of ether oxygens (including phenoxy) is 2. The lowest BCUT2D eigenvalue weighted by molar-refractivity contribution is 0.00714. The molecule has 2 unspecified atom stereocenters. The van der Waals surface area contributed by atoms with Crippen molar-refractivity contribution in [3.8, 4) is 0 Å². The summed E-state index contributed by atoms with van der Waals surface area (Å²) in [5.74, 6) is 0.556. The topological polar surface area (TPSA) is 21.7 Å². The quantitative estimate of drug-likeness (QED) is 0.856. The van der Waals surface area contributed by atoms with Gasteiger partial charge in [-0.05, 0) is 23.0 Å². The van der Waals surface area contributed by atoms with Crippen LogP contribution in [0.15, 0.2) is 24.3 Å². The summed E-state index contributed by atoms with van der Waals surface area (Å²) >= 11 is 0. The molecule has 1 aromatic rings. The largest absolute Gasteiger partial charge is 0.379 e. The third kappa shape index (κ3) is 3.89. The van der Waals surface area contributed by atoms with Gasteiger partial charge in [-0.2, -0.15) is 0 Å². The van der Waals surface area contributed by atoms with E-state index in [1.54, 1.807) is 0 Å². The highest BCUT2D eigenvalue weighted by Crippen LogP contribution is 2.31. The van der Waals surface area contributed by atoms with Crippen LogP contribution in [0.3, 0.4) is 0 Å². The molecule has 1 aromatic carbocycles. The fourth-order valence-electron chi connectivity index (χ4n) is 3.39. The minimum Gasteiger partial charge on any atom is -0.379 e. The maximum absolute atomic E-state index is 6.04. The van der Waals surface area contributed by atoms with Gasteiger partial charge in [-0.25, -0.2) is 0 Å². The van der Waals surface area contributed by atoms with Crippen LogP contribution < -0.4 is 0 Å². The molecular formula is C19H29NO2. The van der Waals surface area contributed by atoms with Crippen molar-refractivity contribution in [1.82, 2.24) is 4.90 Å². The molecule has 0 amide bonds. The van der Waals surface area contributed by atoms with E-state index in [-0.39, 0.29) is 5.41 Å². The Morgan fingerprint density at radius 1 is 1.09 bits per heavy atom. The Bertz CT molecular complexity index is 471. The zero-order valence-electron chi connectivity index (χ0n) is 14.2. The van der Waals surface area contributed by atoms with Gasteiger partial charge < -0.3 is 9.47 Å². The highest BCUT2D eigenvalue weighted by Gasteiger charge is 2.28. The smallest absolute Gasteiger partial charge is 0.0709 e. The van der Waals surface area contributed by atoms with E-state index in [4.69, 9.17) is 9.47 Å². The molecule has 22 heavy (non-hydrogen) atoms. The van der Waals surface area contributed by atoms with Crippen molar-refractivity contribution in [3.63, 3.8) is 0 Å². The third-order valence-corrected chi connectivity index (χ3v) is 4.89. The molecule has 0 radical (unpaired) electrons. The minimum absolute atomic E-state index is 0.226. The second-order valence-corrected chi connectivity index (χ2v) is 7.67. The first kappa shape index (κ1) is 16.0. The zero-order valence-corrected chi connectivity index (χ0v) is 14.2. The average Bonchev–Trinajstić information content (AvgIpc) is 2.96. The van der Waals surface area contributed by atoms with Gasteiger partial charge in [0.1, 0.15) is 0 Å². The van der Waals surface area contributed by atoms with Crippen LogP contribution in [0.4, 0.5) is 0 Å². The number of hydrogen-bond acceptors (Lipinski definition) is 3. The summed E-state index contributed by atoms with van der Waals surface area (Å²) < 4.78 is 11.4. The molecule has 2 fully saturated rings. The first-order valence-electron chi connectivity index (χ1n) is 8.54. The van der Waals surface area contributed by atoms with Crippen LogP contribution in [0.1, 0.15) is 44.2 Å². The van der Waals surface area contributed by atoms with Crippen molar-refractivity contribution < 1.29 is 9.47 Å². The summed E-state index contributed by atoms with van der Waals surface area (Å²) in [6.45, 7) is 12.5. The Morgan fingerprint density at radius 3 is 2.41 bits per heavy atom. The predicted molar refractivity (Wildman–Crippen MR) is 89.5 cm³/mol. The Labute approximate surface area is 134 Å². The van der Waals surface area contributed by atoms with Crippen LogP contribution >= 0.6 is 0 Å². The Morgan fingerprint density at radius 2 is 1.77 bits per heavy atom. The SMILES string of the molecule is CC(C)(C)c1ccc(C2COC(CN3CCOCC3)C2)cc1. The van der Waals surface area contributed by atoms with E-state index in [0.717, 1.165) is 45.9 Å². The van der Waals surface area contributed by atoms with Crippen molar-refractivity contribution in [1.29, 1.82) is 0 Å². The molecule has 3 nitrogen and oxygen atoms in total. The number of nitrogens with zero attached hydrogens (tertiary/aromatic N) is 1. The van der Waals surface area contributed by atoms with Crippen molar-refractivity contribution in [2.24, 2.45) is 0 Å². The third-order valence-electron chi connectivity index (χ3n) is 4.89. The van der Waals surface area contributed by atoms with Gasteiger partial charge in [-0.15, -0.1) is 0 Å². The van der Waals surface area contributed by atoms with Crippen LogP contribution in [0.25, 0.3) is 0 Å². The molecule has 0 spiro atoms. The summed E-state index contributed by atoms with van der Waals surface area (Å²) in [4.78, 5) is 2.47. The molecule has 0 saturated carbocycles. The highest BCUT2D eigenvalue weighted by molar-refractivity contribution is 5.30. The molecule has 0 N–H and O–H groups in total. The lowest BCUT2D eigenvalue weighted by Crippen LogP contribution is -2.40. The van der Waals surface area contributed by atoms with Gasteiger partial charge in [0.25, 0.3) is 0 Å². The molecule has 3 rings (SSSR count). The van der Waals surface area contributed by atoms with Crippen LogP contribution in [0.2, 0.25) is 0 Å². The van der Waals surface area contributed by atoms with E-state index >= 15 is 0 Å². The fraction of sp³-hybridized carbons (Fsp3) is 0.684. The normalized spacial score (nSPS) is 27.2. The van der Waals surface area contributed by atoms with E-state index in [1.807, 2.05) is 0 Å². The van der Waals surface area contributed by atoms with Crippen molar-refractivity contribution in [3.05, 3.63) is 35.4 Å². The van der Waals surface area contributed by atoms with Gasteiger partial charge in [-0.1, -0.05) is 45.0 Å². The van der Waals surface area contributed by atoms with Crippen molar-refractivity contribution in [2.45, 2.75) is 44.6 Å². The lowest BCUT2D eigenvalue weighted by Gasteiger charge is -2.28. The first-order valence-corrected chi connectivity index (χ1v) is 8.54. The number of hydrogen-bond donors (Lipinski definition) is 0. The molecule has 2 aliphatic rings. The fourth-order valence-corrected chi connectivity index (χ4v) is 3.39. The summed E-state index contributed by atoms with van der Waals surface area (Å²) in [6, 6.07) is 9.16. The maximum Gasteiger partial charge on any atom is 0.0709 e. The number of benzene rings is 1. The first-order chi connectivity index (χ1) is 10.5. The monoisotopic (exact) mass is 303 g/mol. The van der Waals surface area contributed by atoms with E-state index in [9.17, 15) is 0 Å². The van der Waals surface area contributed by atoms with Crippen molar-refractivity contribution >= 4 is 0 Å². The Balaban J connectivity index is 1.55. The van der Waals surface area contributed by atoms with E-state index in [2.05, 4.69) is 49.9 Å². The van der Waals surface area contributed by atoms with E-state index in [1.165, 1.54) is 11.1 Å². The highest BCUT2D eigenvalue weighted by atomic mass is 16.5. The number of rotatable bonds is 3. The van der Waals surface area contributed by atoms with Gasteiger partial charge in [0.2, 0.25) is 0 Å². The molecule has 2 atom stereocenters. The zero-order chi connectivity index (χ0) is 15.6. The molecule has 122 valence electrons. The summed E-state index contributed by atoms with van der Waals surface area (Å²) in [5, 5.41) is 0. The van der Waals surface area contributed by atoms with Gasteiger partial charge in [-0.3, -0.25) is 4.90 Å². The Kier molecular flexibility index (Phi) is 4.86. The molecule has 3 heteroatoms. The van der Waals surface area contributed by atoms with Gasteiger partial charge in [0, 0.05) is 25.6 Å². The van der Waals surface area contributed by atoms with Crippen LogP contribution in [-0.4, -0.2) is 50.5 Å². The second kappa shape index (κ2) is 6.69. The van der Waals surface area contributed by atoms with Crippen LogP contribution in [-0.2, 0) is 14.9 Å². The van der Waals surface area contributed by atoms with E-state index in [0.29, 0.717) is 12.0 Å². The molecular weight excluding hydrogens is 274 g/mol. The molecule has 2 heterocycles. The lowest BCUT2D eigenvalue weighted by atomic mass is 9.85. The minimum atomic E-state index is 0.226. The summed E-state index contributed by atoms with van der Waals surface area (Å²) in [7, 11) is 0. The van der Waals surface area contributed by atoms with Crippen LogP contribution in [0, 0.1) is 0 Å². The van der Waals surface area contributed by atoms with Crippen LogP contribution in [0.5, 0.6) is 0 Å².